The minimum Gasteiger partial charge on any atom is -0.506 e. The minimum atomic E-state index is -1.04. The summed E-state index contributed by atoms with van der Waals surface area (Å²) < 4.78 is 10.8. The maximum atomic E-state index is 12.9. The van der Waals surface area contributed by atoms with Gasteiger partial charge in [0.15, 0.2) is 11.5 Å². The van der Waals surface area contributed by atoms with Crippen molar-refractivity contribution in [2.75, 3.05) is 4.90 Å². The number of aliphatic hydroxyl groups excluding tert-OH is 1. The van der Waals surface area contributed by atoms with E-state index in [1.165, 1.54) is 30.5 Å². The van der Waals surface area contributed by atoms with Crippen LogP contribution in [0.4, 0.5) is 5.69 Å². The summed E-state index contributed by atoms with van der Waals surface area (Å²) in [5, 5.41) is 20.7. The van der Waals surface area contributed by atoms with Gasteiger partial charge in [-0.15, -0.1) is 0 Å². The quantitative estimate of drug-likeness (QED) is 0.684. The zero-order valence-electron chi connectivity index (χ0n) is 14.2. The molecule has 1 atom stereocenters. The Hall–Kier alpha value is -3.74. The summed E-state index contributed by atoms with van der Waals surface area (Å²) in [7, 11) is 0. The van der Waals surface area contributed by atoms with Crippen molar-refractivity contribution in [3.63, 3.8) is 0 Å². The van der Waals surface area contributed by atoms with Gasteiger partial charge in [-0.25, -0.2) is 0 Å². The first-order valence-electron chi connectivity index (χ1n) is 8.18. The van der Waals surface area contributed by atoms with Crippen LogP contribution < -0.4 is 4.90 Å². The minimum absolute atomic E-state index is 0.0169. The van der Waals surface area contributed by atoms with Crippen LogP contribution in [0, 0.1) is 6.92 Å². The monoisotopic (exact) mass is 365 g/mol. The van der Waals surface area contributed by atoms with E-state index in [2.05, 4.69) is 0 Å². The number of furan rings is 2. The van der Waals surface area contributed by atoms with Gasteiger partial charge in [-0.3, -0.25) is 14.5 Å². The van der Waals surface area contributed by atoms with Gasteiger partial charge >= 0.3 is 0 Å². The van der Waals surface area contributed by atoms with E-state index in [4.69, 9.17) is 8.83 Å². The summed E-state index contributed by atoms with van der Waals surface area (Å²) in [6.45, 7) is 1.72. The summed E-state index contributed by atoms with van der Waals surface area (Å²) >= 11 is 0. The van der Waals surface area contributed by atoms with Crippen LogP contribution in [0.1, 0.15) is 28.1 Å². The van der Waals surface area contributed by atoms with Gasteiger partial charge in [-0.05, 0) is 43.3 Å². The summed E-state index contributed by atoms with van der Waals surface area (Å²) in [6.07, 6.45) is 1.33. The largest absolute Gasteiger partial charge is 0.506 e. The molecule has 136 valence electrons. The van der Waals surface area contributed by atoms with Gasteiger partial charge in [0.05, 0.1) is 17.5 Å². The topological polar surface area (TPSA) is 104 Å². The van der Waals surface area contributed by atoms with Gasteiger partial charge < -0.3 is 19.0 Å². The normalized spacial score (nSPS) is 17.0. The SMILES string of the molecule is Cc1ccc(C2C(C(=O)c3ccco3)=C(O)C(=O)N2c2ccccc2O)o1. The van der Waals surface area contributed by atoms with Crippen LogP contribution >= 0.6 is 0 Å². The van der Waals surface area contributed by atoms with Gasteiger partial charge in [0.25, 0.3) is 5.91 Å². The molecule has 0 saturated carbocycles. The molecule has 0 spiro atoms. The maximum Gasteiger partial charge on any atom is 0.294 e. The number of hydrogen-bond acceptors (Lipinski definition) is 6. The number of phenols is 1. The van der Waals surface area contributed by atoms with Crippen LogP contribution in [-0.2, 0) is 4.79 Å². The fourth-order valence-corrected chi connectivity index (χ4v) is 3.16. The maximum absolute atomic E-state index is 12.9. The average molecular weight is 365 g/mol. The van der Waals surface area contributed by atoms with Crippen LogP contribution in [0.5, 0.6) is 5.75 Å². The Morgan fingerprint density at radius 3 is 2.48 bits per heavy atom. The number of ketones is 1. The number of aromatic hydroxyl groups is 1. The molecule has 2 N–H and O–H groups in total. The Morgan fingerprint density at radius 2 is 1.85 bits per heavy atom. The van der Waals surface area contributed by atoms with Crippen molar-refractivity contribution in [3.8, 4) is 5.75 Å². The smallest absolute Gasteiger partial charge is 0.294 e. The molecule has 27 heavy (non-hydrogen) atoms. The summed E-state index contributed by atoms with van der Waals surface area (Å²) in [6, 6.07) is 11.4. The molecule has 1 unspecified atom stereocenters. The van der Waals surface area contributed by atoms with Crippen molar-refractivity contribution in [3.05, 3.63) is 83.4 Å². The molecule has 0 radical (unpaired) electrons. The number of Topliss-reactive ketones (excluding diaryl/α,β-unsaturated/α-hetero) is 1. The Balaban J connectivity index is 1.90. The second-order valence-electron chi connectivity index (χ2n) is 6.08. The number of aryl methyl sites for hydroxylation is 1. The number of phenolic OH excluding ortho intramolecular Hbond substituents is 1. The zero-order chi connectivity index (χ0) is 19.1. The predicted octanol–water partition coefficient (Wildman–Crippen LogP) is 3.67. The first kappa shape index (κ1) is 16.7. The highest BCUT2D eigenvalue weighted by molar-refractivity contribution is 6.20. The van der Waals surface area contributed by atoms with Crippen LogP contribution in [0.15, 0.2) is 75.0 Å². The lowest BCUT2D eigenvalue weighted by atomic mass is 9.99. The van der Waals surface area contributed by atoms with Crippen molar-refractivity contribution >= 4 is 17.4 Å². The molecule has 1 aliphatic rings. The van der Waals surface area contributed by atoms with Crippen LogP contribution in [0.25, 0.3) is 0 Å². The summed E-state index contributed by atoms with van der Waals surface area (Å²) in [5.74, 6) is -1.49. The van der Waals surface area contributed by atoms with E-state index in [0.717, 1.165) is 4.90 Å². The molecule has 3 heterocycles. The van der Waals surface area contributed by atoms with Crippen LogP contribution in [0.3, 0.4) is 0 Å². The third-order valence-corrected chi connectivity index (χ3v) is 4.37. The number of amides is 1. The molecule has 3 aromatic rings. The molecule has 1 amide bonds. The van der Waals surface area contributed by atoms with Gasteiger partial charge in [0, 0.05) is 0 Å². The van der Waals surface area contributed by atoms with Gasteiger partial charge in [-0.2, -0.15) is 0 Å². The second-order valence-corrected chi connectivity index (χ2v) is 6.08. The van der Waals surface area contributed by atoms with Crippen molar-refractivity contribution < 1.29 is 28.6 Å². The van der Waals surface area contributed by atoms with Crippen LogP contribution in [-0.4, -0.2) is 21.9 Å². The lowest BCUT2D eigenvalue weighted by molar-refractivity contribution is -0.117. The number of carbonyl (C=O) groups excluding carboxylic acids is 2. The third kappa shape index (κ3) is 2.60. The molecule has 7 nitrogen and oxygen atoms in total. The lowest BCUT2D eigenvalue weighted by Crippen LogP contribution is -2.30. The Labute approximate surface area is 153 Å². The fraction of sp³-hybridized carbons (Fsp3) is 0.100. The molecule has 0 bridgehead atoms. The molecule has 1 aromatic carbocycles. The van der Waals surface area contributed by atoms with Gasteiger partial charge in [-0.1, -0.05) is 12.1 Å². The third-order valence-electron chi connectivity index (χ3n) is 4.37. The first-order valence-corrected chi connectivity index (χ1v) is 8.18. The van der Waals surface area contributed by atoms with Gasteiger partial charge in [0.1, 0.15) is 23.3 Å². The number of para-hydroxylation sites is 2. The predicted molar refractivity (Wildman–Crippen MR) is 94.5 cm³/mol. The number of anilines is 1. The number of rotatable bonds is 4. The van der Waals surface area contributed by atoms with Crippen molar-refractivity contribution in [2.24, 2.45) is 0 Å². The molecule has 0 saturated heterocycles. The van der Waals surface area contributed by atoms with E-state index in [9.17, 15) is 19.8 Å². The summed E-state index contributed by atoms with van der Waals surface area (Å²) in [4.78, 5) is 26.9. The molecule has 2 aromatic heterocycles. The lowest BCUT2D eigenvalue weighted by Gasteiger charge is -2.25. The van der Waals surface area contributed by atoms with Gasteiger partial charge in [0.2, 0.25) is 5.78 Å². The second kappa shape index (κ2) is 6.21. The zero-order valence-corrected chi connectivity index (χ0v) is 14.2. The Kier molecular flexibility index (Phi) is 3.84. The van der Waals surface area contributed by atoms with E-state index >= 15 is 0 Å². The standard InChI is InChI=1S/C20H15NO6/c1-11-8-9-14(27-11)17-16(18(23)15-7-4-10-26-15)19(24)20(25)21(17)12-5-2-3-6-13(12)22/h2-10,17,22,24H,1H3. The highest BCUT2D eigenvalue weighted by atomic mass is 16.3. The average Bonchev–Trinajstić information content (AvgIpc) is 3.37. The highest BCUT2D eigenvalue weighted by Gasteiger charge is 2.47. The first-order chi connectivity index (χ1) is 13.0. The molecule has 7 heteroatoms. The number of hydrogen-bond donors (Lipinski definition) is 2. The van der Waals surface area contributed by atoms with E-state index in [1.54, 1.807) is 31.2 Å². The number of aliphatic hydroxyl groups is 1. The van der Waals surface area contributed by atoms with Crippen molar-refractivity contribution in [1.29, 1.82) is 0 Å². The Bertz CT molecular complexity index is 1060. The van der Waals surface area contributed by atoms with Crippen molar-refractivity contribution in [2.45, 2.75) is 13.0 Å². The molecule has 0 aliphatic carbocycles. The van der Waals surface area contributed by atoms with E-state index in [1.807, 2.05) is 0 Å². The molecule has 4 rings (SSSR count). The molecule has 1 aliphatic heterocycles. The number of benzene rings is 1. The van der Waals surface area contributed by atoms with Crippen LogP contribution in [0.2, 0.25) is 0 Å². The number of carbonyl (C=O) groups is 2. The highest BCUT2D eigenvalue weighted by Crippen LogP contribution is 2.44. The van der Waals surface area contributed by atoms with Crippen molar-refractivity contribution in [1.82, 2.24) is 0 Å². The fourth-order valence-electron chi connectivity index (χ4n) is 3.16. The number of nitrogens with zero attached hydrogens (tertiary/aromatic N) is 1. The summed E-state index contributed by atoms with van der Waals surface area (Å²) in [5.41, 5.74) is -0.0251. The molecular formula is C20H15NO6. The Morgan fingerprint density at radius 1 is 1.07 bits per heavy atom. The molecule has 0 fully saturated rings. The van der Waals surface area contributed by atoms with E-state index in [-0.39, 0.29) is 28.5 Å². The molecular weight excluding hydrogens is 350 g/mol. The van der Waals surface area contributed by atoms with E-state index < -0.39 is 23.5 Å². The van der Waals surface area contributed by atoms with E-state index in [0.29, 0.717) is 5.76 Å².